The number of hydrogen-bond acceptors (Lipinski definition) is 3. The summed E-state index contributed by atoms with van der Waals surface area (Å²) in [7, 11) is 3.07. The van der Waals surface area contributed by atoms with Crippen molar-refractivity contribution in [1.82, 2.24) is 13.7 Å². The van der Waals surface area contributed by atoms with Crippen molar-refractivity contribution in [2.75, 3.05) is 0 Å². The first-order valence-corrected chi connectivity index (χ1v) is 8.88. The third-order valence-electron chi connectivity index (χ3n) is 4.82. The summed E-state index contributed by atoms with van der Waals surface area (Å²) in [5.41, 5.74) is 2.10. The van der Waals surface area contributed by atoms with Gasteiger partial charge in [-0.25, -0.2) is 4.79 Å². The Morgan fingerprint density at radius 2 is 1.75 bits per heavy atom. The fourth-order valence-electron chi connectivity index (χ4n) is 3.39. The summed E-state index contributed by atoms with van der Waals surface area (Å²) in [5.74, 6) is 0. The van der Waals surface area contributed by atoms with E-state index in [-0.39, 0.29) is 0 Å². The van der Waals surface area contributed by atoms with Gasteiger partial charge in [0.15, 0.2) is 0 Å². The zero-order chi connectivity index (χ0) is 20.0. The first kappa shape index (κ1) is 17.8. The van der Waals surface area contributed by atoms with E-state index in [1.54, 1.807) is 42.1 Å². The zero-order valence-electron chi connectivity index (χ0n) is 15.2. The standard InChI is InChI=1S/C21H15ClN4O2/c1-24-17-12-26(14-7-5-6-13(10-14)11-23)19(15-8-3-4-9-16(15)22)18(17)20(27)25(2)21(24)28/h3-10,12H,1-2H3. The van der Waals surface area contributed by atoms with E-state index in [1.807, 2.05) is 24.3 Å². The van der Waals surface area contributed by atoms with Crippen LogP contribution in [0, 0.1) is 11.3 Å². The quantitative estimate of drug-likeness (QED) is 0.527. The summed E-state index contributed by atoms with van der Waals surface area (Å²) < 4.78 is 4.31. The molecule has 6 nitrogen and oxygen atoms in total. The van der Waals surface area contributed by atoms with Crippen LogP contribution >= 0.6 is 11.6 Å². The molecule has 2 aromatic heterocycles. The van der Waals surface area contributed by atoms with Crippen molar-refractivity contribution in [2.24, 2.45) is 14.1 Å². The van der Waals surface area contributed by atoms with Crippen LogP contribution in [0.15, 0.2) is 64.3 Å². The highest BCUT2D eigenvalue weighted by atomic mass is 35.5. The number of rotatable bonds is 2. The molecule has 0 radical (unpaired) electrons. The van der Waals surface area contributed by atoms with E-state index in [0.29, 0.717) is 38.4 Å². The van der Waals surface area contributed by atoms with Crippen LogP contribution < -0.4 is 11.2 Å². The maximum atomic E-state index is 13.0. The summed E-state index contributed by atoms with van der Waals surface area (Å²) in [6.07, 6.45) is 1.73. The second-order valence-corrected chi connectivity index (χ2v) is 6.86. The van der Waals surface area contributed by atoms with E-state index in [0.717, 1.165) is 4.57 Å². The van der Waals surface area contributed by atoms with Gasteiger partial charge in [-0.3, -0.25) is 13.9 Å². The van der Waals surface area contributed by atoms with Crippen LogP contribution in [0.2, 0.25) is 5.02 Å². The largest absolute Gasteiger partial charge is 0.330 e. The summed E-state index contributed by atoms with van der Waals surface area (Å²) in [6.45, 7) is 0. The molecule has 2 heterocycles. The Labute approximate surface area is 165 Å². The van der Waals surface area contributed by atoms with Crippen molar-refractivity contribution in [1.29, 1.82) is 5.26 Å². The summed E-state index contributed by atoms with van der Waals surface area (Å²) in [6, 6.07) is 16.4. The minimum absolute atomic E-state index is 0.389. The van der Waals surface area contributed by atoms with Crippen LogP contribution in [0.5, 0.6) is 0 Å². The molecule has 0 spiro atoms. The van der Waals surface area contributed by atoms with Gasteiger partial charge in [0, 0.05) is 36.6 Å². The van der Waals surface area contributed by atoms with Crippen LogP contribution in [0.4, 0.5) is 0 Å². The summed E-state index contributed by atoms with van der Waals surface area (Å²) >= 11 is 6.45. The predicted octanol–water partition coefficient (Wildman–Crippen LogP) is 3.22. The lowest BCUT2D eigenvalue weighted by atomic mass is 10.1. The maximum Gasteiger partial charge on any atom is 0.330 e. The fraction of sp³-hybridized carbons (Fsp3) is 0.0952. The second-order valence-electron chi connectivity index (χ2n) is 6.46. The van der Waals surface area contributed by atoms with E-state index in [4.69, 9.17) is 11.6 Å². The molecule has 0 bridgehead atoms. The average Bonchev–Trinajstić information content (AvgIpc) is 3.11. The van der Waals surface area contributed by atoms with Crippen LogP contribution in [-0.2, 0) is 14.1 Å². The van der Waals surface area contributed by atoms with Gasteiger partial charge in [0.1, 0.15) is 0 Å². The van der Waals surface area contributed by atoms with Gasteiger partial charge in [-0.2, -0.15) is 5.26 Å². The van der Waals surface area contributed by atoms with E-state index >= 15 is 0 Å². The number of halogens is 1. The first-order valence-electron chi connectivity index (χ1n) is 8.50. The molecule has 0 saturated carbocycles. The van der Waals surface area contributed by atoms with Crippen LogP contribution in [0.1, 0.15) is 5.56 Å². The van der Waals surface area contributed by atoms with E-state index < -0.39 is 11.2 Å². The average molecular weight is 391 g/mol. The molecule has 0 fully saturated rings. The molecule has 2 aromatic carbocycles. The van der Waals surface area contributed by atoms with Crippen molar-refractivity contribution in [3.05, 3.63) is 86.2 Å². The molecular weight excluding hydrogens is 376 g/mol. The smallest absolute Gasteiger partial charge is 0.313 e. The van der Waals surface area contributed by atoms with Crippen LogP contribution in [0.3, 0.4) is 0 Å². The van der Waals surface area contributed by atoms with Gasteiger partial charge < -0.3 is 4.57 Å². The predicted molar refractivity (Wildman–Crippen MR) is 109 cm³/mol. The minimum atomic E-state index is -0.411. The Morgan fingerprint density at radius 1 is 1.00 bits per heavy atom. The monoisotopic (exact) mass is 390 g/mol. The van der Waals surface area contributed by atoms with Crippen molar-refractivity contribution in [3.8, 4) is 23.0 Å². The van der Waals surface area contributed by atoms with Gasteiger partial charge in [-0.05, 0) is 24.3 Å². The Bertz CT molecular complexity index is 1400. The zero-order valence-corrected chi connectivity index (χ0v) is 15.9. The molecule has 0 amide bonds. The Kier molecular flexibility index (Phi) is 4.17. The molecule has 0 N–H and O–H groups in total. The van der Waals surface area contributed by atoms with Gasteiger partial charge in [-0.15, -0.1) is 0 Å². The number of aromatic nitrogens is 3. The Hall–Kier alpha value is -3.56. The van der Waals surface area contributed by atoms with E-state index in [9.17, 15) is 14.9 Å². The molecule has 0 unspecified atom stereocenters. The van der Waals surface area contributed by atoms with Crippen molar-refractivity contribution in [3.63, 3.8) is 0 Å². The lowest BCUT2D eigenvalue weighted by Crippen LogP contribution is -2.36. The fourth-order valence-corrected chi connectivity index (χ4v) is 3.61. The summed E-state index contributed by atoms with van der Waals surface area (Å²) in [4.78, 5) is 25.4. The van der Waals surface area contributed by atoms with Crippen molar-refractivity contribution >= 4 is 22.5 Å². The molecule has 0 aliphatic carbocycles. The number of benzene rings is 2. The molecule has 0 aliphatic heterocycles. The van der Waals surface area contributed by atoms with Gasteiger partial charge in [0.05, 0.1) is 28.2 Å². The molecule has 28 heavy (non-hydrogen) atoms. The van der Waals surface area contributed by atoms with Crippen molar-refractivity contribution in [2.45, 2.75) is 0 Å². The van der Waals surface area contributed by atoms with Gasteiger partial charge in [-0.1, -0.05) is 35.9 Å². The van der Waals surface area contributed by atoms with Gasteiger partial charge in [0.2, 0.25) is 0 Å². The van der Waals surface area contributed by atoms with E-state index in [1.165, 1.54) is 11.6 Å². The number of nitrogens with zero attached hydrogens (tertiary/aromatic N) is 4. The molecular formula is C21H15ClN4O2. The van der Waals surface area contributed by atoms with Gasteiger partial charge >= 0.3 is 5.69 Å². The molecule has 0 atom stereocenters. The van der Waals surface area contributed by atoms with Crippen molar-refractivity contribution < 1.29 is 0 Å². The highest BCUT2D eigenvalue weighted by Crippen LogP contribution is 2.35. The highest BCUT2D eigenvalue weighted by molar-refractivity contribution is 6.33. The highest BCUT2D eigenvalue weighted by Gasteiger charge is 2.21. The normalized spacial score (nSPS) is 10.9. The molecule has 0 aliphatic rings. The maximum absolute atomic E-state index is 13.0. The Balaban J connectivity index is 2.24. The Morgan fingerprint density at radius 3 is 2.46 bits per heavy atom. The molecule has 0 saturated heterocycles. The second kappa shape index (κ2) is 6.55. The summed E-state index contributed by atoms with van der Waals surface area (Å²) in [5, 5.41) is 10.1. The lowest BCUT2D eigenvalue weighted by molar-refractivity contribution is 0.714. The van der Waals surface area contributed by atoms with Crippen LogP contribution in [0.25, 0.3) is 27.8 Å². The molecule has 4 aromatic rings. The third-order valence-corrected chi connectivity index (χ3v) is 5.15. The minimum Gasteiger partial charge on any atom is -0.313 e. The lowest BCUT2D eigenvalue weighted by Gasteiger charge is -2.11. The van der Waals surface area contributed by atoms with E-state index in [2.05, 4.69) is 6.07 Å². The topological polar surface area (TPSA) is 72.7 Å². The third kappa shape index (κ3) is 2.56. The van der Waals surface area contributed by atoms with Crippen LogP contribution in [-0.4, -0.2) is 13.7 Å². The molecule has 138 valence electrons. The number of hydrogen-bond donors (Lipinski definition) is 0. The first-order chi connectivity index (χ1) is 13.4. The number of fused-ring (bicyclic) bond motifs is 1. The van der Waals surface area contributed by atoms with Gasteiger partial charge in [0.25, 0.3) is 5.56 Å². The molecule has 4 rings (SSSR count). The molecule has 7 heteroatoms. The number of nitriles is 1. The number of aryl methyl sites for hydroxylation is 1. The SMILES string of the molecule is Cn1c(=O)c2c(-c3ccccc3Cl)n(-c3cccc(C#N)c3)cc2n(C)c1=O.